The molecule has 2 aromatic heterocycles. The third kappa shape index (κ3) is 7.70. The summed E-state index contributed by atoms with van der Waals surface area (Å²) in [6, 6.07) is 13.5. The van der Waals surface area contributed by atoms with E-state index in [0.29, 0.717) is 44.0 Å². The number of amides is 1. The van der Waals surface area contributed by atoms with Crippen LogP contribution in [0, 0.1) is 11.8 Å². The number of rotatable bonds is 7. The second kappa shape index (κ2) is 14.4. The van der Waals surface area contributed by atoms with E-state index in [9.17, 15) is 23.1 Å². The number of aliphatic hydroxyl groups excluding tert-OH is 1. The number of nitrogens with zero attached hydrogens (tertiary/aromatic N) is 4. The number of carbonyl (C=O) groups is 1. The Balaban J connectivity index is 1.44. The van der Waals surface area contributed by atoms with Crippen molar-refractivity contribution in [2.45, 2.75) is 50.9 Å². The second-order valence-corrected chi connectivity index (χ2v) is 13.5. The van der Waals surface area contributed by atoms with Gasteiger partial charge in [0.05, 0.1) is 38.3 Å². The van der Waals surface area contributed by atoms with E-state index in [4.69, 9.17) is 28.3 Å². The van der Waals surface area contributed by atoms with Gasteiger partial charge >= 0.3 is 6.18 Å². The minimum absolute atomic E-state index is 0.00444. The van der Waals surface area contributed by atoms with E-state index in [1.165, 1.54) is 23.5 Å². The van der Waals surface area contributed by atoms with Crippen molar-refractivity contribution in [2.75, 3.05) is 26.2 Å². The van der Waals surface area contributed by atoms with Crippen LogP contribution in [0.25, 0.3) is 16.3 Å². The molecule has 0 aliphatic carbocycles. The number of alkyl halides is 3. The standard InChI is InChI=1S/C34H32Cl2F3N5O2S/c35-24-11-14-29(28(36)19-24)44-32(30-15-13-26(47-30)12-8-22-6-9-23(10-7-22)34(37,38)39)27(20-42-16-4-5-25(42)21-45)31(40-44)33(46)41-43-17-2-1-3-18-43/h6-7,9-11,13-15,19,25,45H,1-5,16-18,20-21H2,(H,41,46)/t25-/m1/s1. The van der Waals surface area contributed by atoms with Crippen LogP contribution in [0.4, 0.5) is 13.2 Å². The topological polar surface area (TPSA) is 73.6 Å². The van der Waals surface area contributed by atoms with Crippen molar-refractivity contribution >= 4 is 40.4 Å². The molecule has 0 unspecified atom stereocenters. The second-order valence-electron chi connectivity index (χ2n) is 11.6. The minimum atomic E-state index is -4.42. The number of halogens is 5. The van der Waals surface area contributed by atoms with E-state index in [-0.39, 0.29) is 24.2 Å². The van der Waals surface area contributed by atoms with E-state index in [2.05, 4.69) is 22.2 Å². The van der Waals surface area contributed by atoms with Crippen LogP contribution in [0.15, 0.2) is 54.6 Å². The van der Waals surface area contributed by atoms with Crippen LogP contribution in [0.3, 0.4) is 0 Å². The number of aromatic nitrogens is 2. The Morgan fingerprint density at radius 1 is 1.00 bits per heavy atom. The van der Waals surface area contributed by atoms with Gasteiger partial charge in [0.2, 0.25) is 0 Å². The lowest BCUT2D eigenvalue weighted by atomic mass is 10.1. The van der Waals surface area contributed by atoms with Gasteiger partial charge in [0.1, 0.15) is 0 Å². The van der Waals surface area contributed by atoms with Crippen molar-refractivity contribution in [3.05, 3.63) is 91.9 Å². The quantitative estimate of drug-likeness (QED) is 0.196. The van der Waals surface area contributed by atoms with Crippen molar-refractivity contribution in [1.29, 1.82) is 0 Å². The summed E-state index contributed by atoms with van der Waals surface area (Å²) in [7, 11) is 0. The van der Waals surface area contributed by atoms with Crippen LogP contribution in [-0.2, 0) is 12.7 Å². The highest BCUT2D eigenvalue weighted by Gasteiger charge is 2.32. The molecule has 13 heteroatoms. The van der Waals surface area contributed by atoms with Crippen molar-refractivity contribution in [3.63, 3.8) is 0 Å². The number of hydrogen-bond donors (Lipinski definition) is 2. The zero-order valence-corrected chi connectivity index (χ0v) is 27.6. The summed E-state index contributed by atoms with van der Waals surface area (Å²) in [5, 5.41) is 17.7. The molecule has 7 nitrogen and oxygen atoms in total. The monoisotopic (exact) mass is 701 g/mol. The third-order valence-electron chi connectivity index (χ3n) is 8.40. The van der Waals surface area contributed by atoms with E-state index < -0.39 is 11.7 Å². The maximum absolute atomic E-state index is 13.9. The van der Waals surface area contributed by atoms with Gasteiger partial charge in [0, 0.05) is 41.8 Å². The number of hydrazine groups is 1. The van der Waals surface area contributed by atoms with Crippen LogP contribution in [0.2, 0.25) is 10.0 Å². The first kappa shape index (κ1) is 33.5. The van der Waals surface area contributed by atoms with Crippen LogP contribution in [0.5, 0.6) is 0 Å². The van der Waals surface area contributed by atoms with E-state index >= 15 is 0 Å². The molecule has 2 saturated heterocycles. The molecule has 2 aliphatic rings. The maximum atomic E-state index is 13.9. The van der Waals surface area contributed by atoms with Gasteiger partial charge in [-0.05, 0) is 86.8 Å². The Morgan fingerprint density at radius 2 is 1.77 bits per heavy atom. The number of likely N-dealkylation sites (tertiary alicyclic amines) is 1. The lowest BCUT2D eigenvalue weighted by molar-refractivity contribution is -0.137. The van der Waals surface area contributed by atoms with Crippen LogP contribution in [-0.4, -0.2) is 63.0 Å². The smallest absolute Gasteiger partial charge is 0.395 e. The van der Waals surface area contributed by atoms with E-state index in [1.807, 2.05) is 17.1 Å². The van der Waals surface area contributed by atoms with E-state index in [0.717, 1.165) is 68.7 Å². The molecule has 2 N–H and O–H groups in total. The first-order valence-electron chi connectivity index (χ1n) is 15.4. The summed E-state index contributed by atoms with van der Waals surface area (Å²) in [6.07, 6.45) is 0.454. The van der Waals surface area contributed by atoms with E-state index in [1.54, 1.807) is 22.9 Å². The van der Waals surface area contributed by atoms with Gasteiger partial charge in [0.25, 0.3) is 5.91 Å². The zero-order chi connectivity index (χ0) is 33.1. The number of nitrogens with one attached hydrogen (secondary N) is 1. The van der Waals surface area contributed by atoms with Crippen LogP contribution >= 0.6 is 34.5 Å². The number of piperidine rings is 1. The Hall–Kier alpha value is -3.37. The Labute approximate surface area is 284 Å². The molecule has 2 aliphatic heterocycles. The summed E-state index contributed by atoms with van der Waals surface area (Å²) in [5.74, 6) is 5.69. The fraction of sp³-hybridized carbons (Fsp3) is 0.353. The number of aliphatic hydroxyl groups is 1. The normalized spacial score (nSPS) is 17.4. The lowest BCUT2D eigenvalue weighted by Crippen LogP contribution is -2.45. The molecule has 246 valence electrons. The maximum Gasteiger partial charge on any atom is 0.416 e. The SMILES string of the molecule is O=C(NN1CCCCC1)c1nn(-c2ccc(Cl)cc2Cl)c(-c2ccc(C#Cc3ccc(C(F)(F)F)cc3)s2)c1CN1CCC[C@@H]1CO. The Morgan fingerprint density at radius 3 is 2.47 bits per heavy atom. The molecular weight excluding hydrogens is 670 g/mol. The van der Waals surface area contributed by atoms with Gasteiger partial charge < -0.3 is 5.11 Å². The average Bonchev–Trinajstić information content (AvgIpc) is 3.79. The molecular formula is C34H32Cl2F3N5O2S. The number of carbonyl (C=O) groups excluding carboxylic acids is 1. The molecule has 2 fully saturated rings. The molecule has 47 heavy (non-hydrogen) atoms. The highest BCUT2D eigenvalue weighted by atomic mass is 35.5. The van der Waals surface area contributed by atoms with Gasteiger partial charge in [-0.2, -0.15) is 18.3 Å². The number of hydrogen-bond acceptors (Lipinski definition) is 6. The molecule has 0 saturated carbocycles. The van der Waals surface area contributed by atoms with Crippen molar-refractivity contribution < 1.29 is 23.1 Å². The van der Waals surface area contributed by atoms with Crippen LogP contribution in [0.1, 0.15) is 64.2 Å². The van der Waals surface area contributed by atoms with Gasteiger partial charge in [-0.15, -0.1) is 11.3 Å². The summed E-state index contributed by atoms with van der Waals surface area (Å²) in [6.45, 7) is 2.65. The number of thiophene rings is 1. The molecule has 1 amide bonds. The minimum Gasteiger partial charge on any atom is -0.395 e. The summed E-state index contributed by atoms with van der Waals surface area (Å²) in [5.41, 5.74) is 4.92. The molecule has 0 spiro atoms. The average molecular weight is 703 g/mol. The molecule has 1 atom stereocenters. The largest absolute Gasteiger partial charge is 0.416 e. The van der Waals surface area contributed by atoms with Crippen molar-refractivity contribution in [2.24, 2.45) is 0 Å². The first-order chi connectivity index (χ1) is 22.6. The zero-order valence-electron chi connectivity index (χ0n) is 25.3. The molecule has 6 rings (SSSR count). The molecule has 0 bridgehead atoms. The molecule has 2 aromatic carbocycles. The highest BCUT2D eigenvalue weighted by Crippen LogP contribution is 2.38. The molecule has 4 heterocycles. The van der Waals surface area contributed by atoms with Gasteiger partial charge in [-0.1, -0.05) is 41.5 Å². The van der Waals surface area contributed by atoms with Crippen molar-refractivity contribution in [3.8, 4) is 28.1 Å². The van der Waals surface area contributed by atoms with Gasteiger partial charge in [0.15, 0.2) is 5.69 Å². The van der Waals surface area contributed by atoms with Crippen LogP contribution < -0.4 is 5.43 Å². The summed E-state index contributed by atoms with van der Waals surface area (Å²) >= 11 is 14.3. The summed E-state index contributed by atoms with van der Waals surface area (Å²) < 4.78 is 40.7. The van der Waals surface area contributed by atoms with Crippen molar-refractivity contribution in [1.82, 2.24) is 25.1 Å². The fourth-order valence-corrected chi connectivity index (χ4v) is 7.39. The highest BCUT2D eigenvalue weighted by molar-refractivity contribution is 7.16. The molecule has 4 aromatic rings. The number of benzene rings is 2. The molecule has 0 radical (unpaired) electrons. The third-order valence-corrected chi connectivity index (χ3v) is 9.95. The predicted octanol–water partition coefficient (Wildman–Crippen LogP) is 7.41. The Kier molecular flexibility index (Phi) is 10.3. The fourth-order valence-electron chi connectivity index (χ4n) is 5.99. The Bertz CT molecular complexity index is 1810. The predicted molar refractivity (Wildman–Crippen MR) is 178 cm³/mol. The first-order valence-corrected chi connectivity index (χ1v) is 17.0. The lowest BCUT2D eigenvalue weighted by Gasteiger charge is -2.27. The summed E-state index contributed by atoms with van der Waals surface area (Å²) in [4.78, 5) is 17.6. The van der Waals surface area contributed by atoms with Gasteiger partial charge in [-0.25, -0.2) is 9.69 Å². The van der Waals surface area contributed by atoms with Gasteiger partial charge in [-0.3, -0.25) is 15.1 Å².